The monoisotopic (exact) mass is 400 g/mol. The number of carbonyl (C=O) groups excluding carboxylic acids is 2. The summed E-state index contributed by atoms with van der Waals surface area (Å²) >= 11 is 6.25. The molecule has 0 spiro atoms. The lowest BCUT2D eigenvalue weighted by Crippen LogP contribution is -2.30. The van der Waals surface area contributed by atoms with Crippen LogP contribution in [0.4, 0.5) is 20.2 Å². The minimum absolute atomic E-state index is 0.0607. The highest BCUT2D eigenvalue weighted by Gasteiger charge is 2.21. The molecule has 0 saturated carbocycles. The van der Waals surface area contributed by atoms with Gasteiger partial charge >= 0.3 is 5.97 Å². The van der Waals surface area contributed by atoms with Gasteiger partial charge in [0.25, 0.3) is 11.7 Å². The number of para-hydroxylation sites is 1. The van der Waals surface area contributed by atoms with Gasteiger partial charge in [-0.25, -0.2) is 4.79 Å². The molecule has 0 heterocycles. The van der Waals surface area contributed by atoms with E-state index in [4.69, 9.17) is 22.1 Å². The van der Waals surface area contributed by atoms with Gasteiger partial charge in [-0.1, -0.05) is 29.4 Å². The minimum atomic E-state index is -2.52. The standard InChI is InChI=1S/C17H15ClF2N2O3S/c1-9(25-16(24)12-3-2-4-13(18)14(12)21)15(23)22-10-5-7-11(8-6-10)26-17(19)20/h2-9,17H,21H2,1H3,(H,22,23). The molecule has 0 aliphatic rings. The molecular formula is C17H15ClF2N2O3S. The largest absolute Gasteiger partial charge is 0.449 e. The van der Waals surface area contributed by atoms with Crippen LogP contribution < -0.4 is 11.1 Å². The Morgan fingerprint density at radius 2 is 1.85 bits per heavy atom. The maximum absolute atomic E-state index is 12.3. The Kier molecular flexibility index (Phi) is 6.82. The molecule has 0 radical (unpaired) electrons. The molecule has 0 aliphatic carbocycles. The van der Waals surface area contributed by atoms with Crippen molar-refractivity contribution in [2.24, 2.45) is 0 Å². The van der Waals surface area contributed by atoms with Crippen LogP contribution >= 0.6 is 23.4 Å². The summed E-state index contributed by atoms with van der Waals surface area (Å²) in [5.41, 5.74) is 6.24. The Balaban J connectivity index is 1.97. The fourth-order valence-electron chi connectivity index (χ4n) is 1.96. The summed E-state index contributed by atoms with van der Waals surface area (Å²) in [6.07, 6.45) is -1.10. The zero-order valence-corrected chi connectivity index (χ0v) is 15.1. The Morgan fingerprint density at radius 3 is 2.46 bits per heavy atom. The van der Waals surface area contributed by atoms with Gasteiger partial charge < -0.3 is 15.8 Å². The molecule has 1 atom stereocenters. The number of nitrogen functional groups attached to an aromatic ring is 1. The zero-order valence-electron chi connectivity index (χ0n) is 13.5. The molecule has 9 heteroatoms. The second-order valence-electron chi connectivity index (χ2n) is 5.14. The first-order chi connectivity index (χ1) is 12.3. The van der Waals surface area contributed by atoms with Crippen LogP contribution in [0, 0.1) is 0 Å². The van der Waals surface area contributed by atoms with E-state index in [1.54, 1.807) is 6.07 Å². The van der Waals surface area contributed by atoms with E-state index in [0.717, 1.165) is 0 Å². The molecule has 26 heavy (non-hydrogen) atoms. The van der Waals surface area contributed by atoms with Crippen LogP contribution in [0.1, 0.15) is 17.3 Å². The molecule has 0 bridgehead atoms. The second kappa shape index (κ2) is 8.86. The number of esters is 1. The first-order valence-corrected chi connectivity index (χ1v) is 8.64. The number of nitrogens with two attached hydrogens (primary N) is 1. The van der Waals surface area contributed by atoms with Gasteiger partial charge in [0.1, 0.15) is 0 Å². The van der Waals surface area contributed by atoms with Gasteiger partial charge in [-0.2, -0.15) is 8.78 Å². The Morgan fingerprint density at radius 1 is 1.19 bits per heavy atom. The van der Waals surface area contributed by atoms with Crippen molar-refractivity contribution in [3.8, 4) is 0 Å². The highest BCUT2D eigenvalue weighted by molar-refractivity contribution is 7.99. The van der Waals surface area contributed by atoms with Crippen molar-refractivity contribution < 1.29 is 23.1 Å². The number of rotatable bonds is 6. The first kappa shape index (κ1) is 20.0. The van der Waals surface area contributed by atoms with Gasteiger partial charge in [-0.05, 0) is 43.3 Å². The summed E-state index contributed by atoms with van der Waals surface area (Å²) in [7, 11) is 0. The van der Waals surface area contributed by atoms with Gasteiger partial charge in [-0.3, -0.25) is 4.79 Å². The van der Waals surface area contributed by atoms with Crippen LogP contribution in [-0.2, 0) is 9.53 Å². The van der Waals surface area contributed by atoms with Gasteiger partial charge in [0.2, 0.25) is 0 Å². The van der Waals surface area contributed by atoms with Crippen LogP contribution in [0.2, 0.25) is 5.02 Å². The summed E-state index contributed by atoms with van der Waals surface area (Å²) in [5, 5.41) is 2.74. The summed E-state index contributed by atoms with van der Waals surface area (Å²) in [5.74, 6) is -3.88. The molecule has 2 aromatic rings. The van der Waals surface area contributed by atoms with Crippen LogP contribution in [-0.4, -0.2) is 23.7 Å². The number of ether oxygens (including phenoxy) is 1. The Bertz CT molecular complexity index is 803. The molecule has 1 amide bonds. The summed E-state index contributed by atoms with van der Waals surface area (Å²) in [6.45, 7) is 1.40. The molecule has 138 valence electrons. The molecule has 1 unspecified atom stereocenters. The average Bonchev–Trinajstić information content (AvgIpc) is 2.58. The molecule has 3 N–H and O–H groups in total. The number of thioether (sulfide) groups is 1. The Labute approximate surface area is 157 Å². The SMILES string of the molecule is CC(OC(=O)c1cccc(Cl)c1N)C(=O)Nc1ccc(SC(F)F)cc1. The van der Waals surface area contributed by atoms with E-state index in [-0.39, 0.29) is 16.3 Å². The van der Waals surface area contributed by atoms with Crippen LogP contribution in [0.5, 0.6) is 0 Å². The smallest absolute Gasteiger partial charge is 0.341 e. The van der Waals surface area contributed by atoms with E-state index in [1.165, 1.54) is 43.3 Å². The van der Waals surface area contributed by atoms with Crippen molar-refractivity contribution >= 4 is 46.6 Å². The van der Waals surface area contributed by atoms with Gasteiger partial charge in [-0.15, -0.1) is 0 Å². The number of hydrogen-bond acceptors (Lipinski definition) is 5. The lowest BCUT2D eigenvalue weighted by Gasteiger charge is -2.14. The third-order valence-corrected chi connectivity index (χ3v) is 4.32. The molecule has 2 rings (SSSR count). The number of hydrogen-bond donors (Lipinski definition) is 2. The maximum atomic E-state index is 12.3. The van der Waals surface area contributed by atoms with Gasteiger partial charge in [0, 0.05) is 10.6 Å². The van der Waals surface area contributed by atoms with E-state index < -0.39 is 23.7 Å². The van der Waals surface area contributed by atoms with Crippen molar-refractivity contribution in [2.45, 2.75) is 23.7 Å². The summed E-state index contributed by atoms with van der Waals surface area (Å²) < 4.78 is 29.6. The average molecular weight is 401 g/mol. The lowest BCUT2D eigenvalue weighted by molar-refractivity contribution is -0.123. The molecule has 0 aromatic heterocycles. The molecule has 0 saturated heterocycles. The number of alkyl halides is 2. The third-order valence-electron chi connectivity index (χ3n) is 3.27. The highest BCUT2D eigenvalue weighted by atomic mass is 35.5. The van der Waals surface area contributed by atoms with E-state index >= 15 is 0 Å². The van der Waals surface area contributed by atoms with Crippen molar-refractivity contribution in [2.75, 3.05) is 11.1 Å². The fourth-order valence-corrected chi connectivity index (χ4v) is 2.63. The molecule has 2 aromatic carbocycles. The first-order valence-electron chi connectivity index (χ1n) is 7.38. The normalized spacial score (nSPS) is 11.9. The van der Waals surface area contributed by atoms with Crippen molar-refractivity contribution in [1.29, 1.82) is 0 Å². The van der Waals surface area contributed by atoms with Crippen LogP contribution in [0.3, 0.4) is 0 Å². The maximum Gasteiger partial charge on any atom is 0.341 e. The topological polar surface area (TPSA) is 81.4 Å². The number of nitrogens with one attached hydrogen (secondary N) is 1. The van der Waals surface area contributed by atoms with Crippen molar-refractivity contribution in [3.63, 3.8) is 0 Å². The van der Waals surface area contributed by atoms with Gasteiger partial charge in [0.15, 0.2) is 6.10 Å². The zero-order chi connectivity index (χ0) is 19.3. The highest BCUT2D eigenvalue weighted by Crippen LogP contribution is 2.26. The number of halogens is 3. The van der Waals surface area contributed by atoms with E-state index in [2.05, 4.69) is 5.32 Å². The summed E-state index contributed by atoms with van der Waals surface area (Å²) in [6, 6.07) is 10.4. The second-order valence-corrected chi connectivity index (χ2v) is 6.61. The fraction of sp³-hybridized carbons (Fsp3) is 0.176. The Hall–Kier alpha value is -2.32. The van der Waals surface area contributed by atoms with Crippen molar-refractivity contribution in [1.82, 2.24) is 0 Å². The predicted octanol–water partition coefficient (Wildman–Crippen LogP) is 4.42. The van der Waals surface area contributed by atoms with Crippen LogP contribution in [0.25, 0.3) is 0 Å². The van der Waals surface area contributed by atoms with Crippen molar-refractivity contribution in [3.05, 3.63) is 53.1 Å². The number of anilines is 2. The number of amides is 1. The predicted molar refractivity (Wildman–Crippen MR) is 97.7 cm³/mol. The molecular weight excluding hydrogens is 386 g/mol. The number of carbonyl (C=O) groups is 2. The summed E-state index contributed by atoms with van der Waals surface area (Å²) in [4.78, 5) is 24.6. The van der Waals surface area contributed by atoms with Crippen LogP contribution in [0.15, 0.2) is 47.4 Å². The van der Waals surface area contributed by atoms with E-state index in [1.807, 2.05) is 0 Å². The minimum Gasteiger partial charge on any atom is -0.449 e. The van der Waals surface area contributed by atoms with E-state index in [9.17, 15) is 18.4 Å². The molecule has 0 aliphatic heterocycles. The molecule has 0 fully saturated rings. The molecule has 5 nitrogen and oxygen atoms in total. The third kappa shape index (κ3) is 5.34. The lowest BCUT2D eigenvalue weighted by atomic mass is 10.2. The quantitative estimate of drug-likeness (QED) is 0.426. The number of benzene rings is 2. The van der Waals surface area contributed by atoms with E-state index in [0.29, 0.717) is 22.3 Å². The van der Waals surface area contributed by atoms with Gasteiger partial charge in [0.05, 0.1) is 16.3 Å².